The molecule has 0 aromatic carbocycles. The molecule has 0 aliphatic carbocycles. The predicted molar refractivity (Wildman–Crippen MR) is 54.6 cm³/mol. The van der Waals surface area contributed by atoms with E-state index < -0.39 is 41.2 Å². The molecule has 1 aromatic heterocycles. The van der Waals surface area contributed by atoms with Crippen molar-refractivity contribution in [2.24, 2.45) is 0 Å². The highest BCUT2D eigenvalue weighted by molar-refractivity contribution is 5.92. The Morgan fingerprint density at radius 1 is 1.47 bits per heavy atom. The minimum absolute atomic E-state index is 0.174. The number of hydrogen-bond acceptors (Lipinski definition) is 4. The van der Waals surface area contributed by atoms with Crippen molar-refractivity contribution in [1.29, 1.82) is 0 Å². The van der Waals surface area contributed by atoms with Crippen LogP contribution in [0.3, 0.4) is 0 Å². The van der Waals surface area contributed by atoms with E-state index in [4.69, 9.17) is 5.73 Å². The lowest BCUT2D eigenvalue weighted by Gasteiger charge is -2.14. The SMILES string of the molecule is CCOC(=O)c1cc(N)c(C(F)F)nc1C(F)(F)F. The normalized spacial score (nSPS) is 11.7. The molecule has 1 aromatic rings. The number of esters is 1. The maximum Gasteiger partial charge on any atom is 0.434 e. The fraction of sp³-hybridized carbons (Fsp3) is 0.400. The first-order valence-electron chi connectivity index (χ1n) is 5.01. The Morgan fingerprint density at radius 2 is 2.05 bits per heavy atom. The highest BCUT2D eigenvalue weighted by Gasteiger charge is 2.39. The topological polar surface area (TPSA) is 65.2 Å². The molecule has 0 aliphatic heterocycles. The van der Waals surface area contributed by atoms with Gasteiger partial charge < -0.3 is 10.5 Å². The van der Waals surface area contributed by atoms with Gasteiger partial charge in [0.1, 0.15) is 5.69 Å². The van der Waals surface area contributed by atoms with E-state index in [1.165, 1.54) is 6.92 Å². The van der Waals surface area contributed by atoms with E-state index >= 15 is 0 Å². The van der Waals surface area contributed by atoms with E-state index in [2.05, 4.69) is 9.72 Å². The predicted octanol–water partition coefficient (Wildman–Crippen LogP) is 2.80. The van der Waals surface area contributed by atoms with Crippen LogP contribution in [0.15, 0.2) is 6.07 Å². The minimum atomic E-state index is -5.07. The lowest BCUT2D eigenvalue weighted by Crippen LogP contribution is -2.19. The van der Waals surface area contributed by atoms with E-state index in [0.717, 1.165) is 0 Å². The van der Waals surface area contributed by atoms with Gasteiger partial charge in [-0.25, -0.2) is 18.6 Å². The number of ether oxygens (including phenoxy) is 1. The van der Waals surface area contributed by atoms with Crippen LogP contribution in [0, 0.1) is 0 Å². The zero-order valence-electron chi connectivity index (χ0n) is 9.59. The Labute approximate surface area is 104 Å². The number of aromatic nitrogens is 1. The van der Waals surface area contributed by atoms with Gasteiger partial charge in [0.15, 0.2) is 5.69 Å². The van der Waals surface area contributed by atoms with Crippen LogP contribution in [0.1, 0.15) is 35.1 Å². The summed E-state index contributed by atoms with van der Waals surface area (Å²) in [6, 6.07) is 0.495. The first kappa shape index (κ1) is 15.1. The molecule has 0 unspecified atom stereocenters. The summed E-state index contributed by atoms with van der Waals surface area (Å²) in [6.45, 7) is 1.21. The average Bonchev–Trinajstić information content (AvgIpc) is 2.26. The van der Waals surface area contributed by atoms with Gasteiger partial charge in [-0.05, 0) is 13.0 Å². The molecule has 9 heteroatoms. The Kier molecular flexibility index (Phi) is 4.28. The van der Waals surface area contributed by atoms with Crippen LogP contribution < -0.4 is 5.73 Å². The molecule has 0 radical (unpaired) electrons. The van der Waals surface area contributed by atoms with Crippen molar-refractivity contribution in [3.8, 4) is 0 Å². The van der Waals surface area contributed by atoms with Gasteiger partial charge in [0.05, 0.1) is 17.9 Å². The molecular weight excluding hydrogens is 275 g/mol. The van der Waals surface area contributed by atoms with Gasteiger partial charge in [0.25, 0.3) is 6.43 Å². The Bertz CT molecular complexity index is 488. The number of nitrogens with two attached hydrogens (primary N) is 1. The molecule has 0 atom stereocenters. The number of anilines is 1. The quantitative estimate of drug-likeness (QED) is 0.684. The fourth-order valence-electron chi connectivity index (χ4n) is 1.30. The van der Waals surface area contributed by atoms with Crippen molar-refractivity contribution in [2.45, 2.75) is 19.5 Å². The lowest BCUT2D eigenvalue weighted by atomic mass is 10.1. The number of carbonyl (C=O) groups is 1. The second-order valence-corrected chi connectivity index (χ2v) is 3.38. The Morgan fingerprint density at radius 3 is 2.47 bits per heavy atom. The van der Waals surface area contributed by atoms with Crippen LogP contribution in [0.25, 0.3) is 0 Å². The molecule has 4 nitrogen and oxygen atoms in total. The molecule has 0 aliphatic rings. The zero-order valence-corrected chi connectivity index (χ0v) is 9.59. The summed E-state index contributed by atoms with van der Waals surface area (Å²) >= 11 is 0. The summed E-state index contributed by atoms with van der Waals surface area (Å²) in [5, 5.41) is 0. The maximum atomic E-state index is 12.7. The van der Waals surface area contributed by atoms with Gasteiger partial charge in [-0.2, -0.15) is 13.2 Å². The van der Waals surface area contributed by atoms with Crippen molar-refractivity contribution in [1.82, 2.24) is 4.98 Å². The Hall–Kier alpha value is -1.93. The van der Waals surface area contributed by atoms with Gasteiger partial charge >= 0.3 is 12.1 Å². The number of nitrogen functional groups attached to an aromatic ring is 1. The number of halogens is 5. The summed E-state index contributed by atoms with van der Waals surface area (Å²) in [4.78, 5) is 14.1. The number of alkyl halides is 5. The van der Waals surface area contributed by atoms with Crippen LogP contribution in [0.4, 0.5) is 27.6 Å². The molecule has 0 fully saturated rings. The van der Waals surface area contributed by atoms with Gasteiger partial charge in [-0.15, -0.1) is 0 Å². The number of carbonyl (C=O) groups excluding carboxylic acids is 1. The molecule has 0 saturated heterocycles. The summed E-state index contributed by atoms with van der Waals surface area (Å²) in [5.74, 6) is -1.32. The zero-order chi connectivity index (χ0) is 14.8. The maximum absolute atomic E-state index is 12.7. The molecule has 1 rings (SSSR count). The first-order valence-corrected chi connectivity index (χ1v) is 5.01. The molecule has 0 amide bonds. The van der Waals surface area contributed by atoms with E-state index in [0.29, 0.717) is 6.07 Å². The van der Waals surface area contributed by atoms with Crippen molar-refractivity contribution < 1.29 is 31.5 Å². The van der Waals surface area contributed by atoms with Gasteiger partial charge in [-0.1, -0.05) is 0 Å². The van der Waals surface area contributed by atoms with E-state index in [1.807, 2.05) is 0 Å². The number of hydrogen-bond donors (Lipinski definition) is 1. The van der Waals surface area contributed by atoms with Crippen molar-refractivity contribution >= 4 is 11.7 Å². The second kappa shape index (κ2) is 5.37. The Balaban J connectivity index is 3.45. The highest BCUT2D eigenvalue weighted by atomic mass is 19.4. The van der Waals surface area contributed by atoms with E-state index in [-0.39, 0.29) is 6.61 Å². The fourth-order valence-corrected chi connectivity index (χ4v) is 1.30. The second-order valence-electron chi connectivity index (χ2n) is 3.38. The summed E-state index contributed by atoms with van der Waals surface area (Å²) in [6.07, 6.45) is -8.35. The van der Waals surface area contributed by atoms with Crippen LogP contribution in [-0.4, -0.2) is 17.6 Å². The van der Waals surface area contributed by atoms with Crippen molar-refractivity contribution in [3.63, 3.8) is 0 Å². The lowest BCUT2D eigenvalue weighted by molar-refractivity contribution is -0.142. The van der Waals surface area contributed by atoms with Crippen molar-refractivity contribution in [3.05, 3.63) is 23.0 Å². The molecule has 0 saturated carbocycles. The standard InChI is InChI=1S/C10H9F5N2O2/c1-2-19-9(18)4-3-5(16)6(8(11)12)17-7(4)10(13,14)15/h3,8H,2,16H2,1H3. The van der Waals surface area contributed by atoms with Crippen LogP contribution >= 0.6 is 0 Å². The summed E-state index contributed by atoms with van der Waals surface area (Å²) in [7, 11) is 0. The average molecular weight is 284 g/mol. The van der Waals surface area contributed by atoms with Gasteiger partial charge in [0, 0.05) is 0 Å². The van der Waals surface area contributed by atoms with Crippen LogP contribution in [0.2, 0.25) is 0 Å². The summed E-state index contributed by atoms with van der Waals surface area (Å²) in [5.41, 5.74) is 0.496. The molecule has 0 bridgehead atoms. The van der Waals surface area contributed by atoms with Gasteiger partial charge in [-0.3, -0.25) is 0 Å². The van der Waals surface area contributed by atoms with Crippen LogP contribution in [-0.2, 0) is 10.9 Å². The van der Waals surface area contributed by atoms with E-state index in [1.54, 1.807) is 0 Å². The molecule has 1 heterocycles. The number of nitrogens with zero attached hydrogens (tertiary/aromatic N) is 1. The van der Waals surface area contributed by atoms with Crippen molar-refractivity contribution in [2.75, 3.05) is 12.3 Å². The molecule has 2 N–H and O–H groups in total. The largest absolute Gasteiger partial charge is 0.462 e. The third-order valence-electron chi connectivity index (χ3n) is 2.05. The van der Waals surface area contributed by atoms with Crippen LogP contribution in [0.5, 0.6) is 0 Å². The third-order valence-corrected chi connectivity index (χ3v) is 2.05. The summed E-state index contributed by atoms with van der Waals surface area (Å²) < 4.78 is 67.3. The number of pyridine rings is 1. The molecule has 0 spiro atoms. The number of rotatable bonds is 3. The molecular formula is C10H9F5N2O2. The minimum Gasteiger partial charge on any atom is -0.462 e. The van der Waals surface area contributed by atoms with Gasteiger partial charge in [0.2, 0.25) is 0 Å². The molecule has 19 heavy (non-hydrogen) atoms. The van der Waals surface area contributed by atoms with E-state index in [9.17, 15) is 26.7 Å². The monoisotopic (exact) mass is 284 g/mol. The smallest absolute Gasteiger partial charge is 0.434 e. The molecule has 106 valence electrons. The third kappa shape index (κ3) is 3.30. The first-order chi connectivity index (χ1) is 8.68. The highest BCUT2D eigenvalue weighted by Crippen LogP contribution is 2.34.